The Morgan fingerprint density at radius 3 is 2.04 bits per heavy atom. The van der Waals surface area contributed by atoms with Gasteiger partial charge in [0.25, 0.3) is 0 Å². The normalized spacial score (nSPS) is 12.3. The Balaban J connectivity index is 2.91. The van der Waals surface area contributed by atoms with Crippen LogP contribution in [-0.4, -0.2) is 59.1 Å². The number of methoxy groups -OCH3 is 2. The van der Waals surface area contributed by atoms with Crippen LogP contribution in [0.2, 0.25) is 19.6 Å². The summed E-state index contributed by atoms with van der Waals surface area (Å²) in [5.41, 5.74) is 1.59. The smallest absolute Gasteiger partial charge is 0.355 e. The molecule has 1 aromatic heterocycles. The van der Waals surface area contributed by atoms with Gasteiger partial charge in [-0.2, -0.15) is 12.7 Å². The lowest BCUT2D eigenvalue weighted by molar-refractivity contribution is 0.0594. The van der Waals surface area contributed by atoms with E-state index in [1.807, 2.05) is 12.1 Å². The molecule has 0 saturated carbocycles. The summed E-state index contributed by atoms with van der Waals surface area (Å²) in [6.07, 6.45) is 1.51. The lowest BCUT2D eigenvalue weighted by atomic mass is 10.1. The average Bonchev–Trinajstić information content (AvgIpc) is 3.02. The maximum Gasteiger partial charge on any atom is 0.355 e. The van der Waals surface area contributed by atoms with E-state index in [0.717, 1.165) is 19.0 Å². The number of benzene rings is 1. The van der Waals surface area contributed by atoms with E-state index in [4.69, 9.17) is 9.47 Å². The molecule has 0 bridgehead atoms. The van der Waals surface area contributed by atoms with Crippen LogP contribution in [0.5, 0.6) is 5.75 Å². The lowest BCUT2D eigenvalue weighted by Gasteiger charge is -2.21. The van der Waals surface area contributed by atoms with Crippen LogP contribution in [0.15, 0.2) is 30.5 Å². The maximum atomic E-state index is 12.9. The third kappa shape index (κ3) is 3.94. The summed E-state index contributed by atoms with van der Waals surface area (Å²) >= 11 is 0. The van der Waals surface area contributed by atoms with Crippen molar-refractivity contribution >= 4 is 29.4 Å². The van der Waals surface area contributed by atoms with Crippen molar-refractivity contribution in [1.29, 1.82) is 0 Å². The summed E-state index contributed by atoms with van der Waals surface area (Å²) in [5.74, 6) is 0.0273. The minimum absolute atomic E-state index is 0.0659. The number of esters is 1. The monoisotopic (exact) mass is 410 g/mol. The molecule has 0 N–H and O–H groups in total. The quantitative estimate of drug-likeness (QED) is 0.539. The topological polar surface area (TPSA) is 77.8 Å². The summed E-state index contributed by atoms with van der Waals surface area (Å²) in [6, 6.07) is 7.31. The lowest BCUT2D eigenvalue weighted by Crippen LogP contribution is -2.43. The summed E-state index contributed by atoms with van der Waals surface area (Å²) in [5, 5.41) is 0.741. The van der Waals surface area contributed by atoms with E-state index in [0.29, 0.717) is 11.3 Å². The van der Waals surface area contributed by atoms with Crippen LogP contribution in [-0.2, 0) is 14.9 Å². The van der Waals surface area contributed by atoms with E-state index < -0.39 is 24.3 Å². The standard InChI is InChI=1S/C18H26N2O5SSi/c1-19(2)26(22,23)20-12-15(13-8-10-14(24-3)11-9-13)17(27(5,6)7)16(20)18(21)25-4/h8-12H,1-7H3. The van der Waals surface area contributed by atoms with Crippen molar-refractivity contribution in [2.45, 2.75) is 19.6 Å². The first-order valence-electron chi connectivity index (χ1n) is 8.36. The van der Waals surface area contributed by atoms with Gasteiger partial charge in [-0.05, 0) is 22.9 Å². The van der Waals surface area contributed by atoms with Crippen LogP contribution in [0, 0.1) is 0 Å². The predicted molar refractivity (Wildman–Crippen MR) is 109 cm³/mol. The molecule has 0 unspecified atom stereocenters. The van der Waals surface area contributed by atoms with E-state index in [2.05, 4.69) is 19.6 Å². The zero-order chi connectivity index (χ0) is 20.6. The Labute approximate surface area is 161 Å². The average molecular weight is 411 g/mol. The van der Waals surface area contributed by atoms with Gasteiger partial charge in [-0.1, -0.05) is 31.8 Å². The number of hydrogen-bond donors (Lipinski definition) is 0. The molecular weight excluding hydrogens is 384 g/mol. The van der Waals surface area contributed by atoms with Gasteiger partial charge in [0.05, 0.1) is 22.3 Å². The molecule has 7 nitrogen and oxygen atoms in total. The molecule has 0 amide bonds. The molecule has 0 fully saturated rings. The van der Waals surface area contributed by atoms with Gasteiger partial charge >= 0.3 is 16.2 Å². The van der Waals surface area contributed by atoms with Gasteiger partial charge in [0, 0.05) is 25.9 Å². The SMILES string of the molecule is COC(=O)c1c([Si](C)(C)C)c(-c2ccc(OC)cc2)cn1S(=O)(=O)N(C)C. The number of aromatic nitrogens is 1. The second-order valence-electron chi connectivity index (χ2n) is 7.32. The molecular formula is C18H26N2O5SSi. The highest BCUT2D eigenvalue weighted by atomic mass is 32.2. The molecule has 1 heterocycles. The number of ether oxygens (including phenoxy) is 2. The summed E-state index contributed by atoms with van der Waals surface area (Å²) < 4.78 is 38.0. The molecule has 2 rings (SSSR count). The molecule has 0 aliphatic heterocycles. The summed E-state index contributed by atoms with van der Waals surface area (Å²) in [4.78, 5) is 12.6. The highest BCUT2D eigenvalue weighted by molar-refractivity contribution is 7.87. The summed E-state index contributed by atoms with van der Waals surface area (Å²) in [7, 11) is -0.343. The van der Waals surface area contributed by atoms with Crippen molar-refractivity contribution in [1.82, 2.24) is 8.28 Å². The first kappa shape index (κ1) is 21.2. The number of nitrogens with zero attached hydrogens (tertiary/aromatic N) is 2. The molecule has 27 heavy (non-hydrogen) atoms. The zero-order valence-corrected chi connectivity index (χ0v) is 18.5. The van der Waals surface area contributed by atoms with Gasteiger partial charge < -0.3 is 9.47 Å². The van der Waals surface area contributed by atoms with Crippen molar-refractivity contribution in [3.8, 4) is 16.9 Å². The van der Waals surface area contributed by atoms with E-state index in [-0.39, 0.29) is 5.69 Å². The van der Waals surface area contributed by atoms with Crippen molar-refractivity contribution in [2.24, 2.45) is 0 Å². The second-order valence-corrected chi connectivity index (χ2v) is 14.3. The molecule has 0 radical (unpaired) electrons. The Morgan fingerprint density at radius 1 is 1.07 bits per heavy atom. The first-order chi connectivity index (χ1) is 12.4. The van der Waals surface area contributed by atoms with E-state index in [1.54, 1.807) is 19.2 Å². The van der Waals surface area contributed by atoms with Gasteiger partial charge in [0.2, 0.25) is 0 Å². The zero-order valence-electron chi connectivity index (χ0n) is 16.7. The van der Waals surface area contributed by atoms with E-state index in [1.165, 1.54) is 27.4 Å². The van der Waals surface area contributed by atoms with Gasteiger partial charge in [0.1, 0.15) is 11.4 Å². The predicted octanol–water partition coefficient (Wildman–Crippen LogP) is 2.15. The van der Waals surface area contributed by atoms with Gasteiger partial charge in [0.15, 0.2) is 0 Å². The van der Waals surface area contributed by atoms with Crippen LogP contribution in [0.1, 0.15) is 10.5 Å². The van der Waals surface area contributed by atoms with Crippen molar-refractivity contribution in [3.63, 3.8) is 0 Å². The fraction of sp³-hybridized carbons (Fsp3) is 0.389. The minimum Gasteiger partial charge on any atom is -0.497 e. The van der Waals surface area contributed by atoms with Crippen LogP contribution in [0.25, 0.3) is 11.1 Å². The molecule has 0 atom stereocenters. The van der Waals surface area contributed by atoms with Crippen LogP contribution >= 0.6 is 0 Å². The fourth-order valence-electron chi connectivity index (χ4n) is 2.88. The molecule has 1 aromatic carbocycles. The molecule has 0 spiro atoms. The van der Waals surface area contributed by atoms with Crippen LogP contribution in [0.3, 0.4) is 0 Å². The van der Waals surface area contributed by atoms with E-state index >= 15 is 0 Å². The van der Waals surface area contributed by atoms with Crippen molar-refractivity contribution < 1.29 is 22.7 Å². The van der Waals surface area contributed by atoms with Crippen molar-refractivity contribution in [3.05, 3.63) is 36.2 Å². The van der Waals surface area contributed by atoms with Gasteiger partial charge in [-0.15, -0.1) is 0 Å². The molecule has 0 saturated heterocycles. The number of carbonyl (C=O) groups is 1. The molecule has 0 aliphatic rings. The number of carbonyl (C=O) groups excluding carboxylic acids is 1. The Bertz CT molecular complexity index is 941. The first-order valence-corrected chi connectivity index (χ1v) is 13.3. The highest BCUT2D eigenvalue weighted by Gasteiger charge is 2.36. The Kier molecular flexibility index (Phi) is 5.88. The highest BCUT2D eigenvalue weighted by Crippen LogP contribution is 2.28. The minimum atomic E-state index is -3.90. The fourth-order valence-corrected chi connectivity index (χ4v) is 5.90. The number of rotatable bonds is 6. The molecule has 148 valence electrons. The van der Waals surface area contributed by atoms with Crippen LogP contribution in [0.4, 0.5) is 0 Å². The maximum absolute atomic E-state index is 12.9. The Morgan fingerprint density at radius 2 is 1.63 bits per heavy atom. The largest absolute Gasteiger partial charge is 0.497 e. The Hall–Kier alpha value is -2.10. The number of hydrogen-bond acceptors (Lipinski definition) is 5. The third-order valence-electron chi connectivity index (χ3n) is 4.21. The molecule has 2 aromatic rings. The molecule has 0 aliphatic carbocycles. The van der Waals surface area contributed by atoms with E-state index in [9.17, 15) is 13.2 Å². The second kappa shape index (κ2) is 7.49. The van der Waals surface area contributed by atoms with Crippen LogP contribution < -0.4 is 9.92 Å². The molecule has 9 heteroatoms. The van der Waals surface area contributed by atoms with Crippen molar-refractivity contribution in [2.75, 3.05) is 28.3 Å². The summed E-state index contributed by atoms with van der Waals surface area (Å²) in [6.45, 7) is 6.19. The van der Waals surface area contributed by atoms with Gasteiger partial charge in [-0.3, -0.25) is 0 Å². The van der Waals surface area contributed by atoms with Gasteiger partial charge in [-0.25, -0.2) is 8.77 Å². The third-order valence-corrected chi connectivity index (χ3v) is 7.93.